The molecule has 6 heteroatoms. The summed E-state index contributed by atoms with van der Waals surface area (Å²) in [5, 5.41) is 0.141. The van der Waals surface area contributed by atoms with Crippen LogP contribution in [0.1, 0.15) is 80.1 Å². The van der Waals surface area contributed by atoms with E-state index < -0.39 is 14.1 Å². The molecule has 1 aliphatic rings. The van der Waals surface area contributed by atoms with Crippen LogP contribution in [0.15, 0.2) is 9.47 Å². The second-order valence-corrected chi connectivity index (χ2v) is 17.2. The molecule has 0 spiro atoms. The van der Waals surface area contributed by atoms with E-state index in [0.29, 0.717) is 0 Å². The van der Waals surface area contributed by atoms with Crippen molar-refractivity contribution in [2.75, 3.05) is 0 Å². The molecule has 1 fully saturated rings. The minimum Gasteiger partial charge on any atom is -0.408 e. The number of rotatable bonds is 10. The molecule has 1 saturated heterocycles. The smallest absolute Gasteiger partial charge is 0.193 e. The standard InChI is InChI=1S/C21H40Br2O3Si/c1-9-10-11-12-13-14-16-19(25-21(5,6)24-16)17(15-18(22)23)26-27(7,8)20(2,3)4/h15-17,19H,9-14H2,1-8H3/t16-,17+,19+/m1/s1. The Morgan fingerprint density at radius 2 is 1.70 bits per heavy atom. The van der Waals surface area contributed by atoms with Crippen LogP contribution in [0.3, 0.4) is 0 Å². The molecule has 3 nitrogen and oxygen atoms in total. The van der Waals surface area contributed by atoms with Gasteiger partial charge in [-0.15, -0.1) is 0 Å². The van der Waals surface area contributed by atoms with Gasteiger partial charge in [-0.05, 0) is 76.3 Å². The molecule has 0 unspecified atom stereocenters. The fraction of sp³-hybridized carbons (Fsp3) is 0.905. The number of hydrogen-bond donors (Lipinski definition) is 0. The molecule has 3 atom stereocenters. The maximum atomic E-state index is 6.76. The van der Waals surface area contributed by atoms with E-state index in [1.54, 1.807) is 0 Å². The Balaban J connectivity index is 2.94. The summed E-state index contributed by atoms with van der Waals surface area (Å²) >= 11 is 7.05. The number of ether oxygens (including phenoxy) is 2. The van der Waals surface area contributed by atoms with E-state index in [9.17, 15) is 0 Å². The van der Waals surface area contributed by atoms with Crippen LogP contribution in [-0.4, -0.2) is 32.4 Å². The highest BCUT2D eigenvalue weighted by atomic mass is 79.9. The summed E-state index contributed by atoms with van der Waals surface area (Å²) in [5.41, 5.74) is 0. The van der Waals surface area contributed by atoms with Gasteiger partial charge in [0.15, 0.2) is 14.1 Å². The summed E-state index contributed by atoms with van der Waals surface area (Å²) in [6, 6.07) is 0. The lowest BCUT2D eigenvalue weighted by Gasteiger charge is -2.40. The summed E-state index contributed by atoms with van der Waals surface area (Å²) in [4.78, 5) is 0. The van der Waals surface area contributed by atoms with Crippen LogP contribution in [0.5, 0.6) is 0 Å². The van der Waals surface area contributed by atoms with E-state index in [4.69, 9.17) is 13.9 Å². The van der Waals surface area contributed by atoms with Crippen molar-refractivity contribution < 1.29 is 13.9 Å². The first kappa shape index (κ1) is 25.8. The highest BCUT2D eigenvalue weighted by Crippen LogP contribution is 2.41. The van der Waals surface area contributed by atoms with Crippen LogP contribution in [0.25, 0.3) is 0 Å². The van der Waals surface area contributed by atoms with Gasteiger partial charge in [-0.2, -0.15) is 0 Å². The Morgan fingerprint density at radius 1 is 1.11 bits per heavy atom. The van der Waals surface area contributed by atoms with Crippen molar-refractivity contribution in [3.8, 4) is 0 Å². The third kappa shape index (κ3) is 8.59. The monoisotopic (exact) mass is 526 g/mol. The molecule has 0 aromatic carbocycles. The van der Waals surface area contributed by atoms with Crippen LogP contribution in [0, 0.1) is 0 Å². The van der Waals surface area contributed by atoms with Crippen molar-refractivity contribution in [3.63, 3.8) is 0 Å². The normalized spacial score (nSPS) is 24.1. The highest BCUT2D eigenvalue weighted by molar-refractivity contribution is 9.28. The van der Waals surface area contributed by atoms with Gasteiger partial charge in [0.1, 0.15) is 6.10 Å². The molecule has 160 valence electrons. The molecule has 1 rings (SSSR count). The topological polar surface area (TPSA) is 27.7 Å². The van der Waals surface area contributed by atoms with Crippen molar-refractivity contribution in [3.05, 3.63) is 9.47 Å². The third-order valence-electron chi connectivity index (χ3n) is 5.66. The van der Waals surface area contributed by atoms with E-state index in [0.717, 1.165) is 9.81 Å². The van der Waals surface area contributed by atoms with E-state index in [2.05, 4.69) is 78.7 Å². The van der Waals surface area contributed by atoms with E-state index in [1.807, 2.05) is 13.8 Å². The molecule has 0 radical (unpaired) electrons. The molecule has 0 amide bonds. The molecule has 0 N–H and O–H groups in total. The van der Waals surface area contributed by atoms with Gasteiger partial charge in [-0.25, -0.2) is 0 Å². The number of halogens is 2. The quantitative estimate of drug-likeness (QED) is 0.213. The van der Waals surface area contributed by atoms with E-state index in [-0.39, 0.29) is 23.4 Å². The fourth-order valence-corrected chi connectivity index (χ4v) is 4.91. The van der Waals surface area contributed by atoms with Crippen LogP contribution >= 0.6 is 31.9 Å². The Labute approximate surface area is 185 Å². The van der Waals surface area contributed by atoms with Crippen molar-refractivity contribution in [2.45, 2.75) is 122 Å². The Kier molecular flexibility index (Phi) is 10.3. The molecular formula is C21H40Br2O3Si. The predicted octanol–water partition coefficient (Wildman–Crippen LogP) is 7.89. The maximum Gasteiger partial charge on any atom is 0.193 e. The van der Waals surface area contributed by atoms with Gasteiger partial charge in [0.05, 0.1) is 15.6 Å². The number of hydrogen-bond acceptors (Lipinski definition) is 3. The minimum atomic E-state index is -1.95. The highest BCUT2D eigenvalue weighted by Gasteiger charge is 2.48. The zero-order valence-corrected chi connectivity index (χ0v) is 22.7. The van der Waals surface area contributed by atoms with Gasteiger partial charge in [0, 0.05) is 0 Å². The Bertz CT molecular complexity index is 482. The summed E-state index contributed by atoms with van der Waals surface area (Å²) in [5.74, 6) is -0.569. The SMILES string of the molecule is CCCCCCC[C@H]1OC(C)(C)O[C@@H]1[C@H](C=C(Br)Br)O[Si](C)(C)C(C)(C)C. The van der Waals surface area contributed by atoms with Crippen molar-refractivity contribution >= 4 is 40.2 Å². The molecular weight excluding hydrogens is 488 g/mol. The Morgan fingerprint density at radius 3 is 2.22 bits per heavy atom. The lowest BCUT2D eigenvalue weighted by Crippen LogP contribution is -2.48. The van der Waals surface area contributed by atoms with Gasteiger partial charge < -0.3 is 13.9 Å². The lowest BCUT2D eigenvalue weighted by molar-refractivity contribution is -0.152. The fourth-order valence-electron chi connectivity index (χ4n) is 3.15. The first-order valence-electron chi connectivity index (χ1n) is 10.4. The van der Waals surface area contributed by atoms with E-state index >= 15 is 0 Å². The largest absolute Gasteiger partial charge is 0.408 e. The third-order valence-corrected chi connectivity index (χ3v) is 10.7. The first-order valence-corrected chi connectivity index (χ1v) is 14.8. The van der Waals surface area contributed by atoms with Crippen molar-refractivity contribution in [1.29, 1.82) is 0 Å². The summed E-state index contributed by atoms with van der Waals surface area (Å²) in [7, 11) is -1.95. The Hall–Kier alpha value is 0.797. The minimum absolute atomic E-state index is 0.0620. The van der Waals surface area contributed by atoms with Crippen LogP contribution < -0.4 is 0 Å². The molecule has 0 bridgehead atoms. The van der Waals surface area contributed by atoms with Crippen LogP contribution in [0.2, 0.25) is 18.1 Å². The summed E-state index contributed by atoms with van der Waals surface area (Å²) < 4.78 is 20.3. The van der Waals surface area contributed by atoms with Gasteiger partial charge in [-0.3, -0.25) is 0 Å². The van der Waals surface area contributed by atoms with Crippen LogP contribution in [-0.2, 0) is 13.9 Å². The first-order chi connectivity index (χ1) is 12.3. The second kappa shape index (κ2) is 10.7. The summed E-state index contributed by atoms with van der Waals surface area (Å²) in [6.45, 7) is 17.6. The molecule has 0 aromatic heterocycles. The van der Waals surface area contributed by atoms with Gasteiger partial charge in [0.25, 0.3) is 0 Å². The molecule has 27 heavy (non-hydrogen) atoms. The molecule has 0 aromatic rings. The van der Waals surface area contributed by atoms with E-state index in [1.165, 1.54) is 32.1 Å². The predicted molar refractivity (Wildman–Crippen MR) is 125 cm³/mol. The van der Waals surface area contributed by atoms with Gasteiger partial charge in [-0.1, -0.05) is 59.8 Å². The summed E-state index contributed by atoms with van der Waals surface area (Å²) in [6.07, 6.45) is 9.25. The molecule has 1 aliphatic heterocycles. The maximum absolute atomic E-state index is 6.76. The second-order valence-electron chi connectivity index (χ2n) is 9.64. The van der Waals surface area contributed by atoms with Gasteiger partial charge in [0.2, 0.25) is 0 Å². The van der Waals surface area contributed by atoms with Gasteiger partial charge >= 0.3 is 0 Å². The molecule has 0 saturated carbocycles. The van der Waals surface area contributed by atoms with Crippen molar-refractivity contribution in [1.82, 2.24) is 0 Å². The average molecular weight is 528 g/mol. The zero-order chi connectivity index (χ0) is 20.9. The average Bonchev–Trinajstić information content (AvgIpc) is 2.79. The number of unbranched alkanes of at least 4 members (excludes halogenated alkanes) is 4. The van der Waals surface area contributed by atoms with Crippen LogP contribution in [0.4, 0.5) is 0 Å². The molecule has 0 aliphatic carbocycles. The lowest BCUT2D eigenvalue weighted by atomic mass is 10.0. The van der Waals surface area contributed by atoms with Crippen molar-refractivity contribution in [2.24, 2.45) is 0 Å². The molecule has 1 heterocycles. The zero-order valence-electron chi connectivity index (χ0n) is 18.5.